The smallest absolute Gasteiger partial charge is 0.304 e. The van der Waals surface area contributed by atoms with Crippen LogP contribution in [0.25, 0.3) is 0 Å². The highest BCUT2D eigenvalue weighted by atomic mass is 32.2. The molecule has 0 amide bonds. The van der Waals surface area contributed by atoms with Gasteiger partial charge in [0.15, 0.2) is 9.84 Å². The standard InChI is InChI=1S/C11H13FO4S/c12-10-4-2-1-3-9(10)5-7-17(15,16)8-6-11(13)14/h1-4H,5-8H2,(H,13,14). The van der Waals surface area contributed by atoms with Crippen molar-refractivity contribution in [2.24, 2.45) is 0 Å². The minimum Gasteiger partial charge on any atom is -0.481 e. The molecule has 0 bridgehead atoms. The summed E-state index contributed by atoms with van der Waals surface area (Å²) in [5, 5.41) is 8.38. The van der Waals surface area contributed by atoms with Crippen LogP contribution in [0.3, 0.4) is 0 Å². The molecule has 17 heavy (non-hydrogen) atoms. The Bertz CT molecular complexity index is 496. The van der Waals surface area contributed by atoms with Crippen molar-refractivity contribution in [2.75, 3.05) is 11.5 Å². The van der Waals surface area contributed by atoms with Gasteiger partial charge >= 0.3 is 5.97 Å². The van der Waals surface area contributed by atoms with Crippen molar-refractivity contribution < 1.29 is 22.7 Å². The molecular weight excluding hydrogens is 247 g/mol. The Morgan fingerprint density at radius 2 is 1.88 bits per heavy atom. The minimum atomic E-state index is -3.44. The summed E-state index contributed by atoms with van der Waals surface area (Å²) in [4.78, 5) is 10.2. The predicted octanol–water partition coefficient (Wildman–Crippen LogP) is 1.26. The van der Waals surface area contributed by atoms with Crippen LogP contribution in [-0.4, -0.2) is 31.0 Å². The molecule has 1 N–H and O–H groups in total. The first-order chi connectivity index (χ1) is 7.91. The molecule has 0 atom stereocenters. The zero-order valence-electron chi connectivity index (χ0n) is 9.10. The Hall–Kier alpha value is -1.43. The SMILES string of the molecule is O=C(O)CCS(=O)(=O)CCc1ccccc1F. The van der Waals surface area contributed by atoms with E-state index in [0.29, 0.717) is 5.56 Å². The molecule has 0 saturated heterocycles. The van der Waals surface area contributed by atoms with Crippen LogP contribution in [-0.2, 0) is 21.1 Å². The largest absolute Gasteiger partial charge is 0.481 e. The summed E-state index contributed by atoms with van der Waals surface area (Å²) in [7, 11) is -3.44. The van der Waals surface area contributed by atoms with E-state index in [0.717, 1.165) is 0 Å². The third-order valence-corrected chi connectivity index (χ3v) is 3.92. The van der Waals surface area contributed by atoms with Gasteiger partial charge in [0.05, 0.1) is 17.9 Å². The maximum atomic E-state index is 13.2. The van der Waals surface area contributed by atoms with Gasteiger partial charge in [-0.05, 0) is 18.1 Å². The normalized spacial score (nSPS) is 11.4. The van der Waals surface area contributed by atoms with Gasteiger partial charge in [0.1, 0.15) is 5.82 Å². The number of aryl methyl sites for hydroxylation is 1. The van der Waals surface area contributed by atoms with E-state index >= 15 is 0 Å². The fourth-order valence-corrected chi connectivity index (χ4v) is 2.53. The minimum absolute atomic E-state index is 0.0641. The van der Waals surface area contributed by atoms with Crippen molar-refractivity contribution in [2.45, 2.75) is 12.8 Å². The Morgan fingerprint density at radius 3 is 2.47 bits per heavy atom. The lowest BCUT2D eigenvalue weighted by Gasteiger charge is -2.04. The zero-order valence-corrected chi connectivity index (χ0v) is 9.91. The third-order valence-electron chi connectivity index (χ3n) is 2.27. The van der Waals surface area contributed by atoms with E-state index < -0.39 is 33.8 Å². The van der Waals surface area contributed by atoms with E-state index in [-0.39, 0.29) is 12.2 Å². The van der Waals surface area contributed by atoms with Gasteiger partial charge in [0.25, 0.3) is 0 Å². The van der Waals surface area contributed by atoms with Crippen LogP contribution in [0.5, 0.6) is 0 Å². The third kappa shape index (κ3) is 4.95. The van der Waals surface area contributed by atoms with E-state index in [1.165, 1.54) is 18.2 Å². The average Bonchev–Trinajstić information content (AvgIpc) is 2.26. The molecular formula is C11H13FO4S. The van der Waals surface area contributed by atoms with Crippen LogP contribution in [0, 0.1) is 5.82 Å². The predicted molar refractivity (Wildman–Crippen MR) is 61.0 cm³/mol. The van der Waals surface area contributed by atoms with Crippen LogP contribution in [0.4, 0.5) is 4.39 Å². The van der Waals surface area contributed by atoms with E-state index in [1.54, 1.807) is 6.07 Å². The summed E-state index contributed by atoms with van der Waals surface area (Å²) >= 11 is 0. The summed E-state index contributed by atoms with van der Waals surface area (Å²) in [6, 6.07) is 5.93. The number of hydrogen-bond acceptors (Lipinski definition) is 3. The monoisotopic (exact) mass is 260 g/mol. The Labute approximate surface area is 99.0 Å². The molecule has 6 heteroatoms. The van der Waals surface area contributed by atoms with Crippen LogP contribution in [0.1, 0.15) is 12.0 Å². The molecule has 0 fully saturated rings. The lowest BCUT2D eigenvalue weighted by atomic mass is 10.2. The van der Waals surface area contributed by atoms with E-state index in [9.17, 15) is 17.6 Å². The van der Waals surface area contributed by atoms with E-state index in [2.05, 4.69) is 0 Å². The second-order valence-electron chi connectivity index (χ2n) is 3.64. The lowest BCUT2D eigenvalue weighted by molar-refractivity contribution is -0.136. The van der Waals surface area contributed by atoms with Crippen molar-refractivity contribution in [3.63, 3.8) is 0 Å². The first-order valence-electron chi connectivity index (χ1n) is 5.06. The number of rotatable bonds is 6. The fraction of sp³-hybridized carbons (Fsp3) is 0.364. The molecule has 4 nitrogen and oxygen atoms in total. The molecule has 0 heterocycles. The van der Waals surface area contributed by atoms with Gasteiger partial charge in [-0.25, -0.2) is 12.8 Å². The summed E-state index contributed by atoms with van der Waals surface area (Å²) < 4.78 is 36.1. The van der Waals surface area contributed by atoms with Gasteiger partial charge in [-0.1, -0.05) is 18.2 Å². The molecule has 1 rings (SSSR count). The van der Waals surface area contributed by atoms with Crippen molar-refractivity contribution >= 4 is 15.8 Å². The molecule has 0 aliphatic heterocycles. The number of halogens is 1. The summed E-state index contributed by atoms with van der Waals surface area (Å²) in [6.07, 6.45) is -0.353. The summed E-state index contributed by atoms with van der Waals surface area (Å²) in [5.74, 6) is -2.24. The van der Waals surface area contributed by atoms with Gasteiger partial charge in [-0.2, -0.15) is 0 Å². The molecule has 0 aliphatic carbocycles. The maximum absolute atomic E-state index is 13.2. The number of aliphatic carboxylic acids is 1. The molecule has 0 unspecified atom stereocenters. The van der Waals surface area contributed by atoms with Crippen molar-refractivity contribution in [1.82, 2.24) is 0 Å². The zero-order chi connectivity index (χ0) is 12.9. The summed E-state index contributed by atoms with van der Waals surface area (Å²) in [6.45, 7) is 0. The number of hydrogen-bond donors (Lipinski definition) is 1. The summed E-state index contributed by atoms with van der Waals surface area (Å²) in [5.41, 5.74) is 0.325. The fourth-order valence-electron chi connectivity index (χ4n) is 1.31. The lowest BCUT2D eigenvalue weighted by Crippen LogP contribution is -2.16. The molecule has 0 aliphatic rings. The van der Waals surface area contributed by atoms with Crippen molar-refractivity contribution in [1.29, 1.82) is 0 Å². The van der Waals surface area contributed by atoms with Crippen molar-refractivity contribution in [3.8, 4) is 0 Å². The number of carbonyl (C=O) groups is 1. The molecule has 0 radical (unpaired) electrons. The molecule has 94 valence electrons. The number of carboxylic acid groups (broad SMARTS) is 1. The van der Waals surface area contributed by atoms with Gasteiger partial charge < -0.3 is 5.11 Å². The molecule has 1 aromatic carbocycles. The first-order valence-corrected chi connectivity index (χ1v) is 6.88. The van der Waals surface area contributed by atoms with Gasteiger partial charge in [-0.3, -0.25) is 4.79 Å². The van der Waals surface area contributed by atoms with E-state index in [1.807, 2.05) is 0 Å². The molecule has 0 saturated carbocycles. The molecule has 0 spiro atoms. The van der Waals surface area contributed by atoms with Gasteiger partial charge in [0.2, 0.25) is 0 Å². The Morgan fingerprint density at radius 1 is 1.24 bits per heavy atom. The Kier molecular flexibility index (Phi) is 4.62. The molecule has 1 aromatic rings. The highest BCUT2D eigenvalue weighted by Crippen LogP contribution is 2.08. The quantitative estimate of drug-likeness (QED) is 0.835. The van der Waals surface area contributed by atoms with Crippen LogP contribution >= 0.6 is 0 Å². The first kappa shape index (κ1) is 13.6. The number of benzene rings is 1. The van der Waals surface area contributed by atoms with Gasteiger partial charge in [0, 0.05) is 0 Å². The van der Waals surface area contributed by atoms with Crippen LogP contribution in [0.2, 0.25) is 0 Å². The van der Waals surface area contributed by atoms with Crippen molar-refractivity contribution in [3.05, 3.63) is 35.6 Å². The number of sulfone groups is 1. The molecule has 0 aromatic heterocycles. The maximum Gasteiger partial charge on any atom is 0.304 e. The highest BCUT2D eigenvalue weighted by molar-refractivity contribution is 7.91. The average molecular weight is 260 g/mol. The van der Waals surface area contributed by atoms with Crippen LogP contribution < -0.4 is 0 Å². The van der Waals surface area contributed by atoms with Crippen LogP contribution in [0.15, 0.2) is 24.3 Å². The van der Waals surface area contributed by atoms with Gasteiger partial charge in [-0.15, -0.1) is 0 Å². The topological polar surface area (TPSA) is 71.4 Å². The second-order valence-corrected chi connectivity index (χ2v) is 5.94. The Balaban J connectivity index is 2.56. The van der Waals surface area contributed by atoms with E-state index in [4.69, 9.17) is 5.11 Å². The second kappa shape index (κ2) is 5.77. The number of carboxylic acids is 1. The highest BCUT2D eigenvalue weighted by Gasteiger charge is 2.14.